The predicted octanol–water partition coefficient (Wildman–Crippen LogP) is 5.81. The van der Waals surface area contributed by atoms with Gasteiger partial charge in [-0.3, -0.25) is 9.59 Å². The van der Waals surface area contributed by atoms with Crippen LogP contribution in [0.1, 0.15) is 55.0 Å². The molecule has 1 saturated heterocycles. The van der Waals surface area contributed by atoms with Crippen LogP contribution in [0.2, 0.25) is 0 Å². The van der Waals surface area contributed by atoms with Crippen LogP contribution in [-0.4, -0.2) is 34.4 Å². The van der Waals surface area contributed by atoms with Crippen LogP contribution in [0, 0.1) is 0 Å². The number of aliphatic hydroxyl groups is 1. The van der Waals surface area contributed by atoms with Crippen LogP contribution in [0.15, 0.2) is 78.4 Å². The maximum Gasteiger partial charge on any atom is 0.295 e. The molecule has 0 radical (unpaired) electrons. The lowest BCUT2D eigenvalue weighted by Gasteiger charge is -2.26. The van der Waals surface area contributed by atoms with Crippen LogP contribution in [0.3, 0.4) is 0 Å². The molecule has 0 saturated carbocycles. The second-order valence-electron chi connectivity index (χ2n) is 9.64. The Morgan fingerprint density at radius 1 is 1.05 bits per heavy atom. The summed E-state index contributed by atoms with van der Waals surface area (Å²) in [4.78, 5) is 28.3. The molecule has 1 fully saturated rings. The van der Waals surface area contributed by atoms with Gasteiger partial charge < -0.3 is 19.5 Å². The Morgan fingerprint density at radius 3 is 2.65 bits per heavy atom. The molecule has 6 heteroatoms. The number of carbonyl (C=O) groups excluding carboxylic acids is 2. The molecule has 1 N–H and O–H groups in total. The molecule has 5 rings (SSSR count). The first-order valence-corrected chi connectivity index (χ1v) is 12.8. The summed E-state index contributed by atoms with van der Waals surface area (Å²) in [7, 11) is 0. The van der Waals surface area contributed by atoms with E-state index < -0.39 is 17.7 Å². The third kappa shape index (κ3) is 4.96. The van der Waals surface area contributed by atoms with E-state index in [1.165, 1.54) is 4.90 Å². The number of likely N-dealkylation sites (tertiary alicyclic amines) is 1. The fourth-order valence-electron chi connectivity index (χ4n) is 5.00. The fraction of sp³-hybridized carbons (Fsp3) is 0.290. The van der Waals surface area contributed by atoms with Crippen molar-refractivity contribution in [2.75, 3.05) is 6.61 Å². The SMILES string of the molecule is CCCCOc1cccc([C@@H]2/C(=C(\O)c3ccc4c(c3)C[C@H](C)O4)C(=O)C(=O)N2Cc2ccccc2)c1. The summed E-state index contributed by atoms with van der Waals surface area (Å²) in [5, 5.41) is 11.5. The summed E-state index contributed by atoms with van der Waals surface area (Å²) < 4.78 is 11.7. The molecule has 2 aliphatic heterocycles. The quantitative estimate of drug-likeness (QED) is 0.184. The number of hydrogen-bond acceptors (Lipinski definition) is 5. The average Bonchev–Trinajstić information content (AvgIpc) is 3.40. The molecule has 2 heterocycles. The van der Waals surface area contributed by atoms with Crippen molar-refractivity contribution in [2.24, 2.45) is 0 Å². The van der Waals surface area contributed by atoms with Gasteiger partial charge in [0.2, 0.25) is 0 Å². The Morgan fingerprint density at radius 2 is 1.86 bits per heavy atom. The van der Waals surface area contributed by atoms with Crippen molar-refractivity contribution >= 4 is 17.4 Å². The number of ketones is 1. The molecule has 2 atom stereocenters. The highest BCUT2D eigenvalue weighted by Crippen LogP contribution is 2.42. The van der Waals surface area contributed by atoms with Crippen molar-refractivity contribution in [3.8, 4) is 11.5 Å². The van der Waals surface area contributed by atoms with E-state index in [9.17, 15) is 14.7 Å². The first-order chi connectivity index (χ1) is 18.0. The van der Waals surface area contributed by atoms with Gasteiger partial charge in [-0.15, -0.1) is 0 Å². The Balaban J connectivity index is 1.59. The van der Waals surface area contributed by atoms with Crippen molar-refractivity contribution in [1.82, 2.24) is 4.90 Å². The standard InChI is InChI=1S/C31H31NO5/c1-3-4-15-36-25-12-8-11-22(18-25)28-27(29(33)23-13-14-26-24(17-23)16-20(2)37-26)30(34)31(35)32(28)19-21-9-6-5-7-10-21/h5-14,17-18,20,28,33H,3-4,15-16,19H2,1-2H3/b29-27+/t20-,28+/m0/s1. The molecule has 3 aromatic rings. The van der Waals surface area contributed by atoms with Crippen LogP contribution in [-0.2, 0) is 22.6 Å². The monoisotopic (exact) mass is 497 g/mol. The minimum Gasteiger partial charge on any atom is -0.507 e. The highest BCUT2D eigenvalue weighted by Gasteiger charge is 2.46. The zero-order chi connectivity index (χ0) is 25.9. The molecule has 2 aliphatic rings. The molecule has 190 valence electrons. The van der Waals surface area contributed by atoms with Crippen molar-refractivity contribution in [3.05, 3.63) is 101 Å². The topological polar surface area (TPSA) is 76.1 Å². The molecule has 6 nitrogen and oxygen atoms in total. The summed E-state index contributed by atoms with van der Waals surface area (Å²) in [6.07, 6.45) is 2.72. The molecular formula is C31H31NO5. The number of benzene rings is 3. The number of hydrogen-bond donors (Lipinski definition) is 1. The van der Waals surface area contributed by atoms with Crippen molar-refractivity contribution < 1.29 is 24.2 Å². The molecule has 0 bridgehead atoms. The molecule has 0 spiro atoms. The third-order valence-corrected chi connectivity index (χ3v) is 6.85. The Bertz CT molecular complexity index is 1350. The number of Topliss-reactive ketones (excluding diaryl/α,β-unsaturated/α-hetero) is 1. The van der Waals surface area contributed by atoms with Gasteiger partial charge in [0.15, 0.2) is 0 Å². The second-order valence-corrected chi connectivity index (χ2v) is 9.64. The first-order valence-electron chi connectivity index (χ1n) is 12.8. The lowest BCUT2D eigenvalue weighted by atomic mass is 9.94. The molecule has 3 aromatic carbocycles. The number of ether oxygens (including phenoxy) is 2. The fourth-order valence-corrected chi connectivity index (χ4v) is 5.00. The number of carbonyl (C=O) groups is 2. The number of nitrogens with zero attached hydrogens (tertiary/aromatic N) is 1. The summed E-state index contributed by atoms with van der Waals surface area (Å²) in [5.74, 6) is -0.0628. The van der Waals surface area contributed by atoms with Gasteiger partial charge >= 0.3 is 0 Å². The lowest BCUT2D eigenvalue weighted by Crippen LogP contribution is -2.29. The average molecular weight is 498 g/mol. The van der Waals surface area contributed by atoms with Gasteiger partial charge in [0.1, 0.15) is 23.4 Å². The highest BCUT2D eigenvalue weighted by molar-refractivity contribution is 6.46. The van der Waals surface area contributed by atoms with E-state index in [2.05, 4.69) is 6.92 Å². The Labute approximate surface area is 217 Å². The summed E-state index contributed by atoms with van der Waals surface area (Å²) in [6, 6.07) is 21.6. The summed E-state index contributed by atoms with van der Waals surface area (Å²) in [5.41, 5.74) is 3.16. The predicted molar refractivity (Wildman–Crippen MR) is 141 cm³/mol. The normalized spacial score (nSPS) is 20.1. The minimum atomic E-state index is -0.752. The van der Waals surface area contributed by atoms with E-state index in [4.69, 9.17) is 9.47 Å². The van der Waals surface area contributed by atoms with E-state index >= 15 is 0 Å². The van der Waals surface area contributed by atoms with Crippen LogP contribution < -0.4 is 9.47 Å². The summed E-state index contributed by atoms with van der Waals surface area (Å²) >= 11 is 0. The smallest absolute Gasteiger partial charge is 0.295 e. The van der Waals surface area contributed by atoms with E-state index in [1.807, 2.05) is 73.7 Å². The zero-order valence-electron chi connectivity index (χ0n) is 21.1. The largest absolute Gasteiger partial charge is 0.507 e. The van der Waals surface area contributed by atoms with Crippen molar-refractivity contribution in [3.63, 3.8) is 0 Å². The van der Waals surface area contributed by atoms with Gasteiger partial charge in [-0.25, -0.2) is 0 Å². The molecular weight excluding hydrogens is 466 g/mol. The second kappa shape index (κ2) is 10.5. The molecule has 1 amide bonds. The van der Waals surface area contributed by atoms with Gasteiger partial charge in [-0.05, 0) is 60.4 Å². The Kier molecular flexibility index (Phi) is 6.99. The van der Waals surface area contributed by atoms with Crippen molar-refractivity contribution in [2.45, 2.75) is 51.8 Å². The summed E-state index contributed by atoms with van der Waals surface area (Å²) in [6.45, 7) is 4.91. The number of fused-ring (bicyclic) bond motifs is 1. The van der Waals surface area contributed by atoms with Crippen molar-refractivity contribution in [1.29, 1.82) is 0 Å². The van der Waals surface area contributed by atoms with Crippen LogP contribution >= 0.6 is 0 Å². The van der Waals surface area contributed by atoms with E-state index in [1.54, 1.807) is 6.07 Å². The molecule has 0 aliphatic carbocycles. The number of amides is 1. The van der Waals surface area contributed by atoms with Gasteiger partial charge in [0.25, 0.3) is 11.7 Å². The van der Waals surface area contributed by atoms with Crippen LogP contribution in [0.5, 0.6) is 11.5 Å². The third-order valence-electron chi connectivity index (χ3n) is 6.85. The molecule has 37 heavy (non-hydrogen) atoms. The van der Waals surface area contributed by atoms with E-state index in [0.29, 0.717) is 23.5 Å². The lowest BCUT2D eigenvalue weighted by molar-refractivity contribution is -0.140. The van der Waals surface area contributed by atoms with E-state index in [-0.39, 0.29) is 24.0 Å². The number of rotatable bonds is 8. The van der Waals surface area contributed by atoms with Gasteiger partial charge in [-0.2, -0.15) is 0 Å². The maximum atomic E-state index is 13.4. The number of aliphatic hydroxyl groups excluding tert-OH is 1. The number of unbranched alkanes of at least 4 members (excludes halogenated alkanes) is 1. The molecule has 0 unspecified atom stereocenters. The van der Waals surface area contributed by atoms with Gasteiger partial charge in [0, 0.05) is 18.5 Å². The van der Waals surface area contributed by atoms with Crippen LogP contribution in [0.25, 0.3) is 5.76 Å². The molecule has 0 aromatic heterocycles. The van der Waals surface area contributed by atoms with E-state index in [0.717, 1.165) is 36.1 Å². The zero-order valence-corrected chi connectivity index (χ0v) is 21.1. The minimum absolute atomic E-state index is 0.0549. The first kappa shape index (κ1) is 24.6. The highest BCUT2D eigenvalue weighted by atomic mass is 16.5. The van der Waals surface area contributed by atoms with Gasteiger partial charge in [0.05, 0.1) is 18.2 Å². The Hall–Kier alpha value is -4.06. The van der Waals surface area contributed by atoms with Gasteiger partial charge in [-0.1, -0.05) is 55.8 Å². The maximum absolute atomic E-state index is 13.4. The van der Waals surface area contributed by atoms with Crippen LogP contribution in [0.4, 0.5) is 0 Å².